The lowest BCUT2D eigenvalue weighted by atomic mass is 9.90. The van der Waals surface area contributed by atoms with Gasteiger partial charge in [0, 0.05) is 23.2 Å². The molecule has 0 saturated heterocycles. The molecular formula is C23H28N2O3. The summed E-state index contributed by atoms with van der Waals surface area (Å²) < 4.78 is 11.3. The molecular weight excluding hydrogens is 352 g/mol. The van der Waals surface area contributed by atoms with E-state index < -0.39 is 0 Å². The van der Waals surface area contributed by atoms with Crippen molar-refractivity contribution in [1.82, 2.24) is 4.98 Å². The van der Waals surface area contributed by atoms with Crippen LogP contribution in [-0.4, -0.2) is 24.6 Å². The zero-order valence-electron chi connectivity index (χ0n) is 16.8. The summed E-state index contributed by atoms with van der Waals surface area (Å²) in [5, 5.41) is 3.12. The molecule has 2 aromatic rings. The molecule has 0 unspecified atom stereocenters. The summed E-state index contributed by atoms with van der Waals surface area (Å²) in [6.07, 6.45) is 6.30. The molecule has 1 heterocycles. The van der Waals surface area contributed by atoms with Crippen molar-refractivity contribution in [1.29, 1.82) is 0 Å². The first kappa shape index (κ1) is 18.8. The van der Waals surface area contributed by atoms with Crippen molar-refractivity contribution in [3.8, 4) is 11.5 Å². The maximum absolute atomic E-state index is 12.4. The summed E-state index contributed by atoms with van der Waals surface area (Å²) in [5.74, 6) is 2.63. The highest BCUT2D eigenvalue weighted by atomic mass is 16.5. The zero-order chi connectivity index (χ0) is 19.7. The minimum absolute atomic E-state index is 0.0158. The van der Waals surface area contributed by atoms with Crippen molar-refractivity contribution in [3.05, 3.63) is 47.3 Å². The summed E-state index contributed by atoms with van der Waals surface area (Å²) in [5.41, 5.74) is 3.86. The highest BCUT2D eigenvalue weighted by molar-refractivity contribution is 5.95. The molecule has 0 radical (unpaired) electrons. The maximum Gasteiger partial charge on any atom is 0.227 e. The van der Waals surface area contributed by atoms with E-state index in [2.05, 4.69) is 17.2 Å². The van der Waals surface area contributed by atoms with Crippen molar-refractivity contribution in [2.24, 2.45) is 11.8 Å². The van der Waals surface area contributed by atoms with Gasteiger partial charge in [-0.1, -0.05) is 6.92 Å². The third kappa shape index (κ3) is 4.13. The molecule has 148 valence electrons. The smallest absolute Gasteiger partial charge is 0.227 e. The lowest BCUT2D eigenvalue weighted by Crippen LogP contribution is -2.16. The number of hydrogen-bond donors (Lipinski definition) is 1. The molecule has 2 aliphatic rings. The van der Waals surface area contributed by atoms with Gasteiger partial charge in [-0.05, 0) is 73.9 Å². The molecule has 2 saturated carbocycles. The number of rotatable bonds is 8. The van der Waals surface area contributed by atoms with Crippen LogP contribution >= 0.6 is 0 Å². The second-order valence-electron chi connectivity index (χ2n) is 8.01. The Bertz CT molecular complexity index is 855. The van der Waals surface area contributed by atoms with Gasteiger partial charge in [0.15, 0.2) is 0 Å². The summed E-state index contributed by atoms with van der Waals surface area (Å²) in [4.78, 5) is 17.0. The van der Waals surface area contributed by atoms with Crippen LogP contribution in [0.3, 0.4) is 0 Å². The van der Waals surface area contributed by atoms with E-state index in [-0.39, 0.29) is 17.7 Å². The fourth-order valence-electron chi connectivity index (χ4n) is 3.56. The normalized spacial score (nSPS) is 17.1. The van der Waals surface area contributed by atoms with Crippen LogP contribution in [-0.2, 0) is 4.79 Å². The second kappa shape index (κ2) is 7.82. The molecule has 1 atom stereocenters. The van der Waals surface area contributed by atoms with Gasteiger partial charge in [-0.2, -0.15) is 0 Å². The highest BCUT2D eigenvalue weighted by Crippen LogP contribution is 2.38. The van der Waals surface area contributed by atoms with Gasteiger partial charge >= 0.3 is 0 Å². The van der Waals surface area contributed by atoms with Crippen LogP contribution in [0.2, 0.25) is 0 Å². The van der Waals surface area contributed by atoms with E-state index in [4.69, 9.17) is 9.47 Å². The molecule has 4 rings (SSSR count). The number of hydrogen-bond acceptors (Lipinski definition) is 4. The van der Waals surface area contributed by atoms with Gasteiger partial charge in [0.25, 0.3) is 0 Å². The first-order valence-electron chi connectivity index (χ1n) is 10.1. The van der Waals surface area contributed by atoms with Crippen molar-refractivity contribution >= 4 is 11.6 Å². The molecule has 1 amide bonds. The molecule has 1 aromatic carbocycles. The summed E-state index contributed by atoms with van der Waals surface area (Å²) in [7, 11) is 1.67. The van der Waals surface area contributed by atoms with E-state index in [1.54, 1.807) is 13.3 Å². The predicted molar refractivity (Wildman–Crippen MR) is 109 cm³/mol. The van der Waals surface area contributed by atoms with Gasteiger partial charge in [-0.25, -0.2) is 0 Å². The van der Waals surface area contributed by atoms with Crippen LogP contribution in [0.25, 0.3) is 0 Å². The van der Waals surface area contributed by atoms with Crippen LogP contribution in [0.1, 0.15) is 55.3 Å². The first-order chi connectivity index (χ1) is 13.6. The number of methoxy groups -OCH3 is 1. The average Bonchev–Trinajstić information content (AvgIpc) is 3.60. The fraction of sp³-hybridized carbons (Fsp3) is 0.478. The number of nitrogens with zero attached hydrogens (tertiary/aromatic N) is 1. The number of nitrogens with one attached hydrogen (secondary N) is 1. The number of benzene rings is 1. The Balaban J connectivity index is 1.58. The first-order valence-corrected chi connectivity index (χ1v) is 10.1. The largest absolute Gasteiger partial charge is 0.496 e. The van der Waals surface area contributed by atoms with Crippen molar-refractivity contribution in [2.75, 3.05) is 19.0 Å². The Labute approximate surface area is 166 Å². The van der Waals surface area contributed by atoms with Crippen LogP contribution in [0, 0.1) is 18.8 Å². The Kier molecular flexibility index (Phi) is 5.25. The zero-order valence-corrected chi connectivity index (χ0v) is 16.8. The standard InChI is InChI=1S/C23H28N2O3/c1-14(19-9-8-18(12-24-19)28-13-16-4-5-16)22-15(2)21(27-3)11-10-20(22)25-23(26)17-6-7-17/h8-12,14,16-17H,4-7,13H2,1-3H3,(H,25,26)/t14-/m0/s1. The summed E-state index contributed by atoms with van der Waals surface area (Å²) in [6.45, 7) is 4.93. The molecule has 0 aliphatic heterocycles. The fourth-order valence-corrected chi connectivity index (χ4v) is 3.56. The maximum atomic E-state index is 12.4. The molecule has 5 nitrogen and oxygen atoms in total. The molecule has 2 aliphatic carbocycles. The van der Waals surface area contributed by atoms with Crippen molar-refractivity contribution in [2.45, 2.75) is 45.4 Å². The van der Waals surface area contributed by atoms with Gasteiger partial charge in [0.2, 0.25) is 5.91 Å². The minimum atomic E-state index is 0.0158. The monoisotopic (exact) mass is 380 g/mol. The van der Waals surface area contributed by atoms with Crippen molar-refractivity contribution < 1.29 is 14.3 Å². The highest BCUT2D eigenvalue weighted by Gasteiger charge is 2.31. The van der Waals surface area contributed by atoms with Crippen LogP contribution < -0.4 is 14.8 Å². The number of pyridine rings is 1. The van der Waals surface area contributed by atoms with Crippen LogP contribution in [0.4, 0.5) is 5.69 Å². The number of aromatic nitrogens is 1. The Hall–Kier alpha value is -2.56. The van der Waals surface area contributed by atoms with Gasteiger partial charge in [0.1, 0.15) is 11.5 Å². The predicted octanol–water partition coefficient (Wildman–Crippen LogP) is 4.69. The van der Waals surface area contributed by atoms with E-state index in [1.165, 1.54) is 12.8 Å². The molecule has 28 heavy (non-hydrogen) atoms. The Morgan fingerprint density at radius 3 is 2.61 bits per heavy atom. The molecule has 0 bridgehead atoms. The molecule has 1 N–H and O–H groups in total. The topological polar surface area (TPSA) is 60.5 Å². The van der Waals surface area contributed by atoms with Gasteiger partial charge < -0.3 is 14.8 Å². The van der Waals surface area contributed by atoms with E-state index in [0.717, 1.165) is 59.4 Å². The van der Waals surface area contributed by atoms with E-state index >= 15 is 0 Å². The van der Waals surface area contributed by atoms with Gasteiger partial charge in [0.05, 0.1) is 19.9 Å². The number of ether oxygens (including phenoxy) is 2. The average molecular weight is 380 g/mol. The summed E-state index contributed by atoms with van der Waals surface area (Å²) >= 11 is 0. The third-order valence-corrected chi connectivity index (χ3v) is 5.71. The van der Waals surface area contributed by atoms with Gasteiger partial charge in [-0.15, -0.1) is 0 Å². The lowest BCUT2D eigenvalue weighted by molar-refractivity contribution is -0.117. The summed E-state index contributed by atoms with van der Waals surface area (Å²) in [6, 6.07) is 7.85. The lowest BCUT2D eigenvalue weighted by Gasteiger charge is -2.21. The molecule has 0 spiro atoms. The second-order valence-corrected chi connectivity index (χ2v) is 8.01. The van der Waals surface area contributed by atoms with Crippen LogP contribution in [0.15, 0.2) is 30.5 Å². The van der Waals surface area contributed by atoms with Crippen LogP contribution in [0.5, 0.6) is 11.5 Å². The number of anilines is 1. The quantitative estimate of drug-likeness (QED) is 0.722. The molecule has 1 aromatic heterocycles. The molecule has 5 heteroatoms. The van der Waals surface area contributed by atoms with Crippen molar-refractivity contribution in [3.63, 3.8) is 0 Å². The number of amides is 1. The number of carbonyl (C=O) groups excluding carboxylic acids is 1. The SMILES string of the molecule is COc1ccc(NC(=O)C2CC2)c([C@@H](C)c2ccc(OCC3CC3)cn2)c1C. The number of carbonyl (C=O) groups is 1. The third-order valence-electron chi connectivity index (χ3n) is 5.71. The molecule has 2 fully saturated rings. The minimum Gasteiger partial charge on any atom is -0.496 e. The Morgan fingerprint density at radius 1 is 1.21 bits per heavy atom. The van der Waals surface area contributed by atoms with E-state index in [1.807, 2.05) is 31.2 Å². The Morgan fingerprint density at radius 2 is 2.00 bits per heavy atom. The van der Waals surface area contributed by atoms with E-state index in [9.17, 15) is 4.79 Å². The van der Waals surface area contributed by atoms with Gasteiger partial charge in [-0.3, -0.25) is 9.78 Å². The van der Waals surface area contributed by atoms with E-state index in [0.29, 0.717) is 0 Å².